The van der Waals surface area contributed by atoms with Gasteiger partial charge in [-0.1, -0.05) is 0 Å². The second-order valence-corrected chi connectivity index (χ2v) is 6.62. The lowest BCUT2D eigenvalue weighted by atomic mass is 10.1. The third-order valence-electron chi connectivity index (χ3n) is 3.49. The second kappa shape index (κ2) is 6.80. The van der Waals surface area contributed by atoms with Crippen molar-refractivity contribution in [1.29, 1.82) is 0 Å². The first-order valence-corrected chi connectivity index (χ1v) is 7.57. The number of carbonyl (C=O) groups is 1. The maximum Gasteiger partial charge on any atom is 0.407 e. The summed E-state index contributed by atoms with van der Waals surface area (Å²) < 4.78 is 5.20. The minimum atomic E-state index is -0.505. The number of alkyl carbamates (subject to hydrolysis) is 1. The maximum absolute atomic E-state index is 11.6. The van der Waals surface area contributed by atoms with E-state index in [-0.39, 0.29) is 5.69 Å². The molecular formula is C15H22N4O4. The fourth-order valence-corrected chi connectivity index (χ4v) is 2.42. The molecule has 1 atom stereocenters. The second-order valence-electron chi connectivity index (χ2n) is 6.62. The van der Waals surface area contributed by atoms with Gasteiger partial charge in [0.15, 0.2) is 0 Å². The number of pyridine rings is 1. The zero-order valence-electron chi connectivity index (χ0n) is 13.6. The molecule has 0 spiro atoms. The Bertz CT molecular complexity index is 568. The number of nitrogens with one attached hydrogen (secondary N) is 1. The van der Waals surface area contributed by atoms with Gasteiger partial charge < -0.3 is 15.0 Å². The van der Waals surface area contributed by atoms with Crippen LogP contribution in [-0.4, -0.2) is 41.2 Å². The molecule has 1 aromatic rings. The van der Waals surface area contributed by atoms with E-state index in [2.05, 4.69) is 15.2 Å². The van der Waals surface area contributed by atoms with Crippen molar-refractivity contribution in [2.75, 3.05) is 24.5 Å². The third-order valence-corrected chi connectivity index (χ3v) is 3.49. The number of amides is 1. The van der Waals surface area contributed by atoms with Gasteiger partial charge in [-0.05, 0) is 39.2 Å². The first-order valence-electron chi connectivity index (χ1n) is 7.57. The van der Waals surface area contributed by atoms with Crippen molar-refractivity contribution >= 4 is 17.6 Å². The highest BCUT2D eigenvalue weighted by Crippen LogP contribution is 2.23. The predicted octanol–water partition coefficient (Wildman–Crippen LogP) is 2.34. The van der Waals surface area contributed by atoms with Crippen LogP contribution in [0.15, 0.2) is 18.3 Å². The first-order chi connectivity index (χ1) is 10.7. The van der Waals surface area contributed by atoms with Crippen molar-refractivity contribution in [1.82, 2.24) is 10.3 Å². The molecule has 0 aromatic carbocycles. The molecule has 1 fully saturated rings. The summed E-state index contributed by atoms with van der Waals surface area (Å²) in [6.07, 6.45) is 1.78. The van der Waals surface area contributed by atoms with E-state index in [9.17, 15) is 14.9 Å². The molecule has 0 bridgehead atoms. The predicted molar refractivity (Wildman–Crippen MR) is 85.4 cm³/mol. The van der Waals surface area contributed by atoms with Crippen LogP contribution < -0.4 is 10.2 Å². The first kappa shape index (κ1) is 17.0. The Morgan fingerprint density at radius 2 is 2.26 bits per heavy atom. The normalized spacial score (nSPS) is 17.9. The molecule has 23 heavy (non-hydrogen) atoms. The van der Waals surface area contributed by atoms with E-state index in [0.29, 0.717) is 12.5 Å². The molecular weight excluding hydrogens is 300 g/mol. The Kier molecular flexibility index (Phi) is 5.02. The van der Waals surface area contributed by atoms with Crippen molar-refractivity contribution in [2.24, 2.45) is 5.92 Å². The van der Waals surface area contributed by atoms with Gasteiger partial charge in [0.25, 0.3) is 5.69 Å². The van der Waals surface area contributed by atoms with E-state index in [0.717, 1.165) is 25.3 Å². The van der Waals surface area contributed by atoms with Crippen LogP contribution in [0.5, 0.6) is 0 Å². The fourth-order valence-electron chi connectivity index (χ4n) is 2.42. The van der Waals surface area contributed by atoms with E-state index in [1.165, 1.54) is 12.3 Å². The summed E-state index contributed by atoms with van der Waals surface area (Å²) in [5, 5.41) is 13.4. The standard InChI is InChI=1S/C15H22N4O4/c1-15(2,3)23-14(20)17-8-11-6-7-18(10-11)13-5-4-12(9-16-13)19(21)22/h4-5,9,11H,6-8,10H2,1-3H3,(H,17,20). The van der Waals surface area contributed by atoms with Crippen LogP contribution in [0.2, 0.25) is 0 Å². The number of nitro groups is 1. The van der Waals surface area contributed by atoms with Crippen molar-refractivity contribution in [3.8, 4) is 0 Å². The zero-order valence-corrected chi connectivity index (χ0v) is 13.6. The summed E-state index contributed by atoms with van der Waals surface area (Å²) >= 11 is 0. The van der Waals surface area contributed by atoms with Crippen molar-refractivity contribution in [3.05, 3.63) is 28.4 Å². The highest BCUT2D eigenvalue weighted by Gasteiger charge is 2.25. The topological polar surface area (TPSA) is 97.6 Å². The molecule has 126 valence electrons. The third kappa shape index (κ3) is 5.08. The summed E-state index contributed by atoms with van der Waals surface area (Å²) in [5.41, 5.74) is -0.523. The minimum Gasteiger partial charge on any atom is -0.444 e. The maximum atomic E-state index is 11.6. The number of hydrogen-bond donors (Lipinski definition) is 1. The fraction of sp³-hybridized carbons (Fsp3) is 0.600. The number of carbonyl (C=O) groups excluding carboxylic acids is 1. The van der Waals surface area contributed by atoms with Gasteiger partial charge in [-0.15, -0.1) is 0 Å². The summed E-state index contributed by atoms with van der Waals surface area (Å²) in [4.78, 5) is 28.0. The van der Waals surface area contributed by atoms with E-state index < -0.39 is 16.6 Å². The van der Waals surface area contributed by atoms with Gasteiger partial charge in [0.05, 0.1) is 4.92 Å². The Morgan fingerprint density at radius 1 is 1.52 bits per heavy atom. The average molecular weight is 322 g/mol. The lowest BCUT2D eigenvalue weighted by Gasteiger charge is -2.21. The van der Waals surface area contributed by atoms with E-state index in [4.69, 9.17) is 4.74 Å². The molecule has 1 N–H and O–H groups in total. The Balaban J connectivity index is 1.82. The molecule has 8 heteroatoms. The number of nitrogens with zero attached hydrogens (tertiary/aromatic N) is 3. The van der Waals surface area contributed by atoms with Crippen LogP contribution in [0.1, 0.15) is 27.2 Å². The van der Waals surface area contributed by atoms with Gasteiger partial charge in [0.1, 0.15) is 17.6 Å². The van der Waals surface area contributed by atoms with Crippen molar-refractivity contribution in [3.63, 3.8) is 0 Å². The molecule has 1 amide bonds. The van der Waals surface area contributed by atoms with Gasteiger partial charge in [0, 0.05) is 25.7 Å². The van der Waals surface area contributed by atoms with Crippen LogP contribution in [-0.2, 0) is 4.74 Å². The summed E-state index contributed by atoms with van der Waals surface area (Å²) in [6, 6.07) is 3.11. The number of rotatable bonds is 4. The molecule has 8 nitrogen and oxygen atoms in total. The summed E-state index contributed by atoms with van der Waals surface area (Å²) in [6.45, 7) is 7.57. The molecule has 1 aromatic heterocycles. The quantitative estimate of drug-likeness (QED) is 0.675. The number of hydrogen-bond acceptors (Lipinski definition) is 6. The highest BCUT2D eigenvalue weighted by atomic mass is 16.6. The molecule has 1 aliphatic heterocycles. The Labute approximate surface area is 135 Å². The molecule has 2 rings (SSSR count). The molecule has 0 aliphatic carbocycles. The summed E-state index contributed by atoms with van der Waals surface area (Å²) in [5.74, 6) is 1.02. The van der Waals surface area contributed by atoms with Gasteiger partial charge in [-0.2, -0.15) is 0 Å². The van der Waals surface area contributed by atoms with E-state index >= 15 is 0 Å². The highest BCUT2D eigenvalue weighted by molar-refractivity contribution is 5.67. The Morgan fingerprint density at radius 3 is 2.83 bits per heavy atom. The van der Waals surface area contributed by atoms with Crippen LogP contribution in [0.4, 0.5) is 16.3 Å². The van der Waals surface area contributed by atoms with Crippen molar-refractivity contribution < 1.29 is 14.5 Å². The average Bonchev–Trinajstić information content (AvgIpc) is 2.92. The SMILES string of the molecule is CC(C)(C)OC(=O)NCC1CCN(c2ccc([N+](=O)[O-])cn2)C1. The molecule has 2 heterocycles. The van der Waals surface area contributed by atoms with Crippen molar-refractivity contribution in [2.45, 2.75) is 32.8 Å². The lowest BCUT2D eigenvalue weighted by molar-refractivity contribution is -0.385. The smallest absolute Gasteiger partial charge is 0.407 e. The summed E-state index contributed by atoms with van der Waals surface area (Å²) in [7, 11) is 0. The van der Waals surface area contributed by atoms with Crippen LogP contribution in [0.3, 0.4) is 0 Å². The van der Waals surface area contributed by atoms with Gasteiger partial charge in [-0.25, -0.2) is 9.78 Å². The number of anilines is 1. The molecule has 1 unspecified atom stereocenters. The largest absolute Gasteiger partial charge is 0.444 e. The van der Waals surface area contributed by atoms with Gasteiger partial charge in [-0.3, -0.25) is 10.1 Å². The molecule has 0 radical (unpaired) electrons. The number of ether oxygens (including phenoxy) is 1. The minimum absolute atomic E-state index is 0.0175. The van der Waals surface area contributed by atoms with Crippen LogP contribution in [0, 0.1) is 16.0 Å². The zero-order chi connectivity index (χ0) is 17.0. The molecule has 0 saturated carbocycles. The monoisotopic (exact) mass is 322 g/mol. The number of aromatic nitrogens is 1. The Hall–Kier alpha value is -2.38. The van der Waals surface area contributed by atoms with Crippen LogP contribution in [0.25, 0.3) is 0 Å². The van der Waals surface area contributed by atoms with Gasteiger partial charge >= 0.3 is 6.09 Å². The van der Waals surface area contributed by atoms with Crippen LogP contribution >= 0.6 is 0 Å². The van der Waals surface area contributed by atoms with E-state index in [1.54, 1.807) is 6.07 Å². The molecule has 1 saturated heterocycles. The lowest BCUT2D eigenvalue weighted by Crippen LogP contribution is -2.36. The van der Waals surface area contributed by atoms with Gasteiger partial charge in [0.2, 0.25) is 0 Å². The van der Waals surface area contributed by atoms with E-state index in [1.807, 2.05) is 20.8 Å². The molecule has 1 aliphatic rings.